The summed E-state index contributed by atoms with van der Waals surface area (Å²) in [5, 5.41) is 26.4. The minimum atomic E-state index is 0.606. The molecule has 10 aromatic rings. The Hall–Kier alpha value is -6.82. The lowest BCUT2D eigenvalue weighted by Gasteiger charge is -2.25. The molecule has 0 amide bonds. The zero-order chi connectivity index (χ0) is 31.2. The average molecular weight is 598 g/mol. The zero-order valence-corrected chi connectivity index (χ0v) is 25.0. The Labute approximate surface area is 268 Å². The summed E-state index contributed by atoms with van der Waals surface area (Å²) >= 11 is 0. The molecule has 7 aromatic carbocycles. The summed E-state index contributed by atoms with van der Waals surface area (Å²) in [6.45, 7) is 0. The molecule has 0 spiro atoms. The number of nitriles is 2. The van der Waals surface area contributed by atoms with Gasteiger partial charge in [0.25, 0.3) is 0 Å². The van der Waals surface area contributed by atoms with E-state index in [4.69, 9.17) is 0 Å². The van der Waals surface area contributed by atoms with E-state index < -0.39 is 0 Å². The van der Waals surface area contributed by atoms with Crippen molar-refractivity contribution in [1.82, 2.24) is 8.80 Å². The third-order valence-electron chi connectivity index (χ3n) is 9.65. The van der Waals surface area contributed by atoms with Crippen molar-refractivity contribution in [2.75, 3.05) is 4.90 Å². The Kier molecular flexibility index (Phi) is 5.07. The maximum absolute atomic E-state index is 9.49. The predicted molar refractivity (Wildman–Crippen MR) is 191 cm³/mol. The maximum Gasteiger partial charge on any atom is 0.0991 e. The van der Waals surface area contributed by atoms with Crippen LogP contribution < -0.4 is 4.90 Å². The Morgan fingerprint density at radius 3 is 1.36 bits per heavy atom. The number of benzene rings is 7. The molecular formula is C42H23N5. The van der Waals surface area contributed by atoms with Crippen molar-refractivity contribution in [2.45, 2.75) is 0 Å². The fraction of sp³-hybridized carbons (Fsp3) is 0. The van der Waals surface area contributed by atoms with Crippen LogP contribution in [0.1, 0.15) is 11.1 Å². The fourth-order valence-corrected chi connectivity index (χ4v) is 7.73. The van der Waals surface area contributed by atoms with E-state index in [1.165, 1.54) is 48.9 Å². The Morgan fingerprint density at radius 2 is 0.830 bits per heavy atom. The summed E-state index contributed by atoms with van der Waals surface area (Å²) in [5.41, 5.74) is 11.1. The SMILES string of the molecule is N#Cc1ccc(N(c2ccc(C#N)cc2)c2ccc3c4c5ccccc5c5c6ccccc6n6c7ccccc7n(c3c2)c4c56)cc1. The van der Waals surface area contributed by atoms with Crippen LogP contribution in [-0.4, -0.2) is 8.80 Å². The molecule has 0 atom stereocenters. The lowest BCUT2D eigenvalue weighted by atomic mass is 9.98. The highest BCUT2D eigenvalue weighted by Gasteiger charge is 2.25. The molecule has 5 nitrogen and oxygen atoms in total. The van der Waals surface area contributed by atoms with Crippen molar-refractivity contribution < 1.29 is 0 Å². The van der Waals surface area contributed by atoms with Gasteiger partial charge in [-0.25, -0.2) is 0 Å². The second kappa shape index (κ2) is 9.34. The first-order valence-corrected chi connectivity index (χ1v) is 15.6. The molecular weight excluding hydrogens is 574 g/mol. The minimum Gasteiger partial charge on any atom is -0.310 e. The smallest absolute Gasteiger partial charge is 0.0991 e. The summed E-state index contributed by atoms with van der Waals surface area (Å²) in [6, 6.07) is 52.7. The molecule has 0 aliphatic heterocycles. The molecule has 0 bridgehead atoms. The fourth-order valence-electron chi connectivity index (χ4n) is 7.73. The molecule has 0 N–H and O–H groups in total. The number of hydrogen-bond donors (Lipinski definition) is 0. The van der Waals surface area contributed by atoms with Crippen molar-refractivity contribution in [3.8, 4) is 12.1 Å². The minimum absolute atomic E-state index is 0.606. The summed E-state index contributed by atoms with van der Waals surface area (Å²) < 4.78 is 4.90. The largest absolute Gasteiger partial charge is 0.310 e. The lowest BCUT2D eigenvalue weighted by molar-refractivity contribution is 1.25. The van der Waals surface area contributed by atoms with Gasteiger partial charge < -0.3 is 13.7 Å². The summed E-state index contributed by atoms with van der Waals surface area (Å²) in [4.78, 5) is 2.19. The van der Waals surface area contributed by atoms with E-state index in [0.29, 0.717) is 11.1 Å². The number of nitrogens with zero attached hydrogens (tertiary/aromatic N) is 5. The molecule has 0 saturated heterocycles. The highest BCUT2D eigenvalue weighted by molar-refractivity contribution is 6.37. The summed E-state index contributed by atoms with van der Waals surface area (Å²) in [7, 11) is 0. The highest BCUT2D eigenvalue weighted by atomic mass is 15.1. The monoisotopic (exact) mass is 597 g/mol. The van der Waals surface area contributed by atoms with Crippen molar-refractivity contribution in [2.24, 2.45) is 0 Å². The molecule has 3 heterocycles. The van der Waals surface area contributed by atoms with E-state index in [-0.39, 0.29) is 0 Å². The highest BCUT2D eigenvalue weighted by Crippen LogP contribution is 2.47. The number of aromatic nitrogens is 2. The first kappa shape index (κ1) is 25.5. The number of anilines is 3. The van der Waals surface area contributed by atoms with Crippen molar-refractivity contribution >= 4 is 82.5 Å². The van der Waals surface area contributed by atoms with Gasteiger partial charge in [0.05, 0.1) is 56.4 Å². The number of fused-ring (bicyclic) bond motifs is 12. The van der Waals surface area contributed by atoms with Gasteiger partial charge in [-0.1, -0.05) is 60.7 Å². The van der Waals surface area contributed by atoms with Crippen LogP contribution >= 0.6 is 0 Å². The van der Waals surface area contributed by atoms with Crippen LogP contribution in [0.15, 0.2) is 140 Å². The molecule has 10 rings (SSSR count). The van der Waals surface area contributed by atoms with E-state index in [0.717, 1.165) is 33.6 Å². The van der Waals surface area contributed by atoms with Crippen LogP contribution in [0.2, 0.25) is 0 Å². The molecule has 0 saturated carbocycles. The molecule has 0 radical (unpaired) electrons. The van der Waals surface area contributed by atoms with E-state index in [9.17, 15) is 10.5 Å². The molecule has 0 unspecified atom stereocenters. The van der Waals surface area contributed by atoms with Gasteiger partial charge >= 0.3 is 0 Å². The first-order valence-electron chi connectivity index (χ1n) is 15.6. The first-order chi connectivity index (χ1) is 23.2. The van der Waals surface area contributed by atoms with Gasteiger partial charge in [-0.05, 0) is 89.6 Å². The second-order valence-electron chi connectivity index (χ2n) is 12.0. The van der Waals surface area contributed by atoms with Crippen LogP contribution in [0.25, 0.3) is 65.4 Å². The maximum atomic E-state index is 9.49. The molecule has 3 aromatic heterocycles. The van der Waals surface area contributed by atoms with Gasteiger partial charge in [0, 0.05) is 38.6 Å². The predicted octanol–water partition coefficient (Wildman–Crippen LogP) is 10.6. The Morgan fingerprint density at radius 1 is 0.404 bits per heavy atom. The Balaban J connectivity index is 1.39. The van der Waals surface area contributed by atoms with E-state index in [1.807, 2.05) is 48.5 Å². The number of para-hydroxylation sites is 3. The van der Waals surface area contributed by atoms with Crippen molar-refractivity contribution in [3.63, 3.8) is 0 Å². The van der Waals surface area contributed by atoms with Gasteiger partial charge in [-0.3, -0.25) is 0 Å². The molecule has 0 aliphatic rings. The quantitative estimate of drug-likeness (QED) is 0.190. The van der Waals surface area contributed by atoms with Crippen LogP contribution in [0, 0.1) is 22.7 Å². The van der Waals surface area contributed by atoms with E-state index >= 15 is 0 Å². The van der Waals surface area contributed by atoms with Gasteiger partial charge in [-0.15, -0.1) is 0 Å². The Bertz CT molecular complexity index is 2870. The van der Waals surface area contributed by atoms with Gasteiger partial charge in [0.1, 0.15) is 0 Å². The summed E-state index contributed by atoms with van der Waals surface area (Å²) in [5.74, 6) is 0. The molecule has 47 heavy (non-hydrogen) atoms. The molecule has 0 aliphatic carbocycles. The van der Waals surface area contributed by atoms with Gasteiger partial charge in [0.2, 0.25) is 0 Å². The van der Waals surface area contributed by atoms with Gasteiger partial charge in [-0.2, -0.15) is 10.5 Å². The van der Waals surface area contributed by atoms with Crippen molar-refractivity contribution in [1.29, 1.82) is 10.5 Å². The van der Waals surface area contributed by atoms with Crippen LogP contribution in [-0.2, 0) is 0 Å². The summed E-state index contributed by atoms with van der Waals surface area (Å²) in [6.07, 6.45) is 0. The van der Waals surface area contributed by atoms with Crippen LogP contribution in [0.5, 0.6) is 0 Å². The number of rotatable bonds is 3. The normalized spacial score (nSPS) is 11.8. The third-order valence-corrected chi connectivity index (χ3v) is 9.65. The van der Waals surface area contributed by atoms with E-state index in [2.05, 4.69) is 117 Å². The second-order valence-corrected chi connectivity index (χ2v) is 12.0. The van der Waals surface area contributed by atoms with Crippen LogP contribution in [0.3, 0.4) is 0 Å². The average Bonchev–Trinajstić information content (AvgIpc) is 3.67. The topological polar surface area (TPSA) is 59.6 Å². The van der Waals surface area contributed by atoms with Gasteiger partial charge in [0.15, 0.2) is 0 Å². The van der Waals surface area contributed by atoms with Crippen LogP contribution in [0.4, 0.5) is 17.1 Å². The number of hydrogen-bond acceptors (Lipinski definition) is 3. The third kappa shape index (κ3) is 3.35. The van der Waals surface area contributed by atoms with E-state index in [1.54, 1.807) is 0 Å². The molecule has 0 fully saturated rings. The zero-order valence-electron chi connectivity index (χ0n) is 25.0. The standard InChI is InChI=1S/C42H23N5/c43-24-26-13-17-28(18-14-26)45(29-19-15-27(25-44)16-20-29)30-21-22-34-38(23-30)47-37-12-6-5-11-36(37)46-35-10-4-3-9-33(35)39-31-7-1-2-8-32(31)40(34)42(47)41(39)46/h1-23H. The molecule has 5 heteroatoms. The lowest BCUT2D eigenvalue weighted by Crippen LogP contribution is -2.10. The molecule has 216 valence electrons. The van der Waals surface area contributed by atoms with Crippen molar-refractivity contribution in [3.05, 3.63) is 151 Å².